The van der Waals surface area contributed by atoms with Gasteiger partial charge < -0.3 is 4.74 Å². The van der Waals surface area contributed by atoms with Gasteiger partial charge in [0.1, 0.15) is 0 Å². The Morgan fingerprint density at radius 1 is 0.333 bits per heavy atom. The van der Waals surface area contributed by atoms with Crippen molar-refractivity contribution >= 4 is 0 Å². The van der Waals surface area contributed by atoms with Gasteiger partial charge >= 0.3 is 42.8 Å². The first-order chi connectivity index (χ1) is 12.6. The maximum Gasteiger partial charge on any atom is 0.453 e. The molecule has 0 amide bonds. The topological polar surface area (TPSA) is 36.9 Å². The lowest BCUT2D eigenvalue weighted by molar-refractivity contribution is -0.572. The minimum absolute atomic E-state index is 0.593. The van der Waals surface area contributed by atoms with Gasteiger partial charge in [-0.3, -0.25) is 0 Å². The predicted octanol–water partition coefficient (Wildman–Crippen LogP) is 6.02. The van der Waals surface area contributed by atoms with E-state index in [2.05, 4.69) is 9.47 Å². The van der Waals surface area contributed by atoms with E-state index in [1.807, 2.05) is 4.74 Å². The highest BCUT2D eigenvalue weighted by molar-refractivity contribution is 4.79. The monoisotopic (exact) mass is 486 g/mol. The SMILES string of the molecule is CC(C)(C)OC(F)(F)C(F)(F)OC(F)(F)C(F)(F)OC(F)(F)C(F)(F)OC(C)(F)F. The molecule has 30 heavy (non-hydrogen) atoms. The molecule has 0 spiro atoms. The summed E-state index contributed by atoms with van der Waals surface area (Å²) in [5, 5.41) is 0. The van der Waals surface area contributed by atoms with Crippen molar-refractivity contribution < 1.29 is 80.4 Å². The van der Waals surface area contributed by atoms with Gasteiger partial charge in [-0.25, -0.2) is 14.2 Å². The average molecular weight is 486 g/mol. The maximum atomic E-state index is 13.2. The molecule has 0 saturated carbocycles. The van der Waals surface area contributed by atoms with Crippen molar-refractivity contribution in [3.63, 3.8) is 0 Å². The summed E-state index contributed by atoms with van der Waals surface area (Å²) < 4.78 is 191. The van der Waals surface area contributed by atoms with Crippen LogP contribution < -0.4 is 0 Å². The zero-order valence-electron chi connectivity index (χ0n) is 14.9. The minimum atomic E-state index is -7.21. The van der Waals surface area contributed by atoms with Gasteiger partial charge in [-0.15, -0.1) is 0 Å². The molecule has 18 heteroatoms. The predicted molar refractivity (Wildman–Crippen MR) is 64.4 cm³/mol. The normalized spacial score (nSPS) is 16.2. The van der Waals surface area contributed by atoms with Crippen molar-refractivity contribution in [2.45, 2.75) is 76.1 Å². The molecule has 0 rings (SSSR count). The summed E-state index contributed by atoms with van der Waals surface area (Å²) in [5.74, 6) is 0. The first-order valence-corrected chi connectivity index (χ1v) is 7.03. The second-order valence-corrected chi connectivity index (χ2v) is 6.43. The number of hydrogen-bond donors (Lipinski definition) is 0. The minimum Gasteiger partial charge on any atom is -0.308 e. The van der Waals surface area contributed by atoms with Crippen LogP contribution >= 0.6 is 0 Å². The van der Waals surface area contributed by atoms with Gasteiger partial charge in [0.15, 0.2) is 0 Å². The van der Waals surface area contributed by atoms with Crippen LogP contribution in [0.3, 0.4) is 0 Å². The van der Waals surface area contributed by atoms with E-state index in [-0.39, 0.29) is 0 Å². The summed E-state index contributed by atoms with van der Waals surface area (Å²) in [6.45, 7) is 1.45. The standard InChI is InChI=1S/C12H12F14O4/c1-5(2,3)27-7(15,16)9(19,20)29-11(23,24)12(25,26)30-10(21,22)8(17,18)28-6(4,13)14/h1-4H3. The van der Waals surface area contributed by atoms with Crippen LogP contribution in [-0.2, 0) is 18.9 Å². The van der Waals surface area contributed by atoms with E-state index in [4.69, 9.17) is 0 Å². The lowest BCUT2D eigenvalue weighted by Crippen LogP contribution is -2.59. The molecule has 0 heterocycles. The average Bonchev–Trinajstić information content (AvgIpc) is 2.28. The Bertz CT molecular complexity index is 541. The Kier molecular flexibility index (Phi) is 7.48. The smallest absolute Gasteiger partial charge is 0.308 e. The van der Waals surface area contributed by atoms with Crippen molar-refractivity contribution in [3.05, 3.63) is 0 Å². The number of ether oxygens (including phenoxy) is 4. The van der Waals surface area contributed by atoms with E-state index < -0.39 is 55.3 Å². The zero-order chi connectivity index (χ0) is 24.8. The Labute approximate surface area is 158 Å². The molecule has 182 valence electrons. The summed E-state index contributed by atoms with van der Waals surface area (Å²) in [4.78, 5) is 0. The van der Waals surface area contributed by atoms with Gasteiger partial charge in [-0.1, -0.05) is 0 Å². The summed E-state index contributed by atoms with van der Waals surface area (Å²) in [5.41, 5.74) is -2.22. The molecular weight excluding hydrogens is 474 g/mol. The van der Waals surface area contributed by atoms with E-state index in [1.165, 1.54) is 0 Å². The van der Waals surface area contributed by atoms with Gasteiger partial charge in [0.2, 0.25) is 0 Å². The van der Waals surface area contributed by atoms with Gasteiger partial charge in [0, 0.05) is 6.92 Å². The van der Waals surface area contributed by atoms with Crippen LogP contribution in [0, 0.1) is 0 Å². The molecule has 0 aromatic carbocycles. The molecule has 0 fully saturated rings. The third-order valence-corrected chi connectivity index (χ3v) is 2.27. The molecule has 0 atom stereocenters. The Morgan fingerprint density at radius 3 is 0.733 bits per heavy atom. The summed E-state index contributed by atoms with van der Waals surface area (Å²) in [6.07, 6.45) is -46.0. The first kappa shape index (κ1) is 28.9. The number of alkyl halides is 14. The second-order valence-electron chi connectivity index (χ2n) is 6.43. The van der Waals surface area contributed by atoms with E-state index in [9.17, 15) is 61.5 Å². The molecule has 0 unspecified atom stereocenters. The molecule has 0 saturated heterocycles. The molecule has 0 N–H and O–H groups in total. The van der Waals surface area contributed by atoms with Gasteiger partial charge in [-0.2, -0.15) is 61.5 Å². The molecule has 0 aliphatic rings. The van der Waals surface area contributed by atoms with Crippen molar-refractivity contribution in [2.75, 3.05) is 0 Å². The Balaban J connectivity index is 5.77. The van der Waals surface area contributed by atoms with Crippen LogP contribution in [0.25, 0.3) is 0 Å². The van der Waals surface area contributed by atoms with Gasteiger partial charge in [0.05, 0.1) is 5.60 Å². The van der Waals surface area contributed by atoms with E-state index in [0.29, 0.717) is 20.8 Å². The van der Waals surface area contributed by atoms with Crippen molar-refractivity contribution in [1.82, 2.24) is 0 Å². The van der Waals surface area contributed by atoms with Crippen LogP contribution in [-0.4, -0.2) is 48.4 Å². The maximum absolute atomic E-state index is 13.2. The summed E-state index contributed by atoms with van der Waals surface area (Å²) in [6, 6.07) is 0. The zero-order valence-corrected chi connectivity index (χ0v) is 14.9. The van der Waals surface area contributed by atoms with E-state index >= 15 is 0 Å². The van der Waals surface area contributed by atoms with Crippen LogP contribution in [0.2, 0.25) is 0 Å². The number of rotatable bonds is 10. The molecule has 4 nitrogen and oxygen atoms in total. The molecule has 0 bridgehead atoms. The largest absolute Gasteiger partial charge is 0.453 e. The number of halogens is 14. The highest BCUT2D eigenvalue weighted by Gasteiger charge is 2.76. The molecule has 0 aromatic heterocycles. The van der Waals surface area contributed by atoms with Crippen molar-refractivity contribution in [2.24, 2.45) is 0 Å². The number of hydrogen-bond acceptors (Lipinski definition) is 4. The molecule has 0 aromatic rings. The molecule has 0 aliphatic carbocycles. The molecular formula is C12H12F14O4. The van der Waals surface area contributed by atoms with Crippen LogP contribution in [0.1, 0.15) is 27.7 Å². The highest BCUT2D eigenvalue weighted by Crippen LogP contribution is 2.50. The fraction of sp³-hybridized carbons (Fsp3) is 1.00. The first-order valence-electron chi connectivity index (χ1n) is 7.03. The lowest BCUT2D eigenvalue weighted by Gasteiger charge is -2.36. The molecule has 0 aliphatic heterocycles. The fourth-order valence-corrected chi connectivity index (χ4v) is 1.29. The van der Waals surface area contributed by atoms with Crippen LogP contribution in [0.15, 0.2) is 0 Å². The fourth-order valence-electron chi connectivity index (χ4n) is 1.29. The van der Waals surface area contributed by atoms with Gasteiger partial charge in [-0.05, 0) is 20.8 Å². The van der Waals surface area contributed by atoms with Crippen LogP contribution in [0.5, 0.6) is 0 Å². The van der Waals surface area contributed by atoms with Crippen molar-refractivity contribution in [3.8, 4) is 0 Å². The van der Waals surface area contributed by atoms with E-state index in [1.54, 1.807) is 4.74 Å². The molecule has 0 radical (unpaired) electrons. The Hall–Kier alpha value is -1.14. The third kappa shape index (κ3) is 7.23. The lowest BCUT2D eigenvalue weighted by atomic mass is 10.2. The van der Waals surface area contributed by atoms with Crippen LogP contribution in [0.4, 0.5) is 61.5 Å². The second kappa shape index (κ2) is 7.77. The quantitative estimate of drug-likeness (QED) is 0.354. The highest BCUT2D eigenvalue weighted by atomic mass is 19.4. The third-order valence-electron chi connectivity index (χ3n) is 2.27. The summed E-state index contributed by atoms with van der Waals surface area (Å²) in [7, 11) is 0. The summed E-state index contributed by atoms with van der Waals surface area (Å²) >= 11 is 0. The Morgan fingerprint density at radius 2 is 0.533 bits per heavy atom. The van der Waals surface area contributed by atoms with E-state index in [0.717, 1.165) is 0 Å². The van der Waals surface area contributed by atoms with Crippen molar-refractivity contribution in [1.29, 1.82) is 0 Å². The van der Waals surface area contributed by atoms with Gasteiger partial charge in [0.25, 0.3) is 0 Å².